The molecule has 0 aliphatic heterocycles. The summed E-state index contributed by atoms with van der Waals surface area (Å²) < 4.78 is 0. The molecule has 1 aromatic heterocycles. The van der Waals surface area contributed by atoms with Gasteiger partial charge in [0, 0.05) is 17.4 Å². The largest absolute Gasteiger partial charge is 0.384 e. The summed E-state index contributed by atoms with van der Waals surface area (Å²) in [6.45, 7) is -0.168. The van der Waals surface area contributed by atoms with Crippen LogP contribution in [0, 0.1) is 11.8 Å². The Morgan fingerprint density at radius 2 is 2.17 bits per heavy atom. The number of aromatic amines is 1. The molecular formula is C13H11N3O2. The maximum Gasteiger partial charge on any atom is 0.258 e. The molecule has 2 rings (SSSR count). The number of rotatable bonds is 2. The number of benzene rings is 1. The van der Waals surface area contributed by atoms with Crippen molar-refractivity contribution >= 4 is 11.6 Å². The van der Waals surface area contributed by atoms with Gasteiger partial charge in [-0.05, 0) is 24.3 Å². The monoisotopic (exact) mass is 241 g/mol. The summed E-state index contributed by atoms with van der Waals surface area (Å²) in [6.07, 6.45) is 2.98. The molecule has 1 heterocycles. The minimum atomic E-state index is -0.224. The van der Waals surface area contributed by atoms with Crippen LogP contribution in [0.4, 0.5) is 5.69 Å². The molecule has 0 saturated heterocycles. The number of aliphatic hydroxyl groups is 1. The fraction of sp³-hybridized carbons (Fsp3) is 0.0769. The van der Waals surface area contributed by atoms with Gasteiger partial charge in [-0.2, -0.15) is 5.10 Å². The summed E-state index contributed by atoms with van der Waals surface area (Å²) in [5.41, 5.74) is 1.93. The molecule has 0 aliphatic rings. The van der Waals surface area contributed by atoms with Crippen molar-refractivity contribution in [2.75, 3.05) is 11.9 Å². The van der Waals surface area contributed by atoms with Crippen LogP contribution in [0.15, 0.2) is 36.7 Å². The first-order valence-corrected chi connectivity index (χ1v) is 5.29. The van der Waals surface area contributed by atoms with E-state index in [1.54, 1.807) is 24.3 Å². The number of carbonyl (C=O) groups excluding carboxylic acids is 1. The lowest BCUT2D eigenvalue weighted by atomic mass is 10.2. The number of H-pyrrole nitrogens is 1. The van der Waals surface area contributed by atoms with Gasteiger partial charge in [0.2, 0.25) is 0 Å². The van der Waals surface area contributed by atoms with Crippen molar-refractivity contribution in [2.45, 2.75) is 0 Å². The molecule has 0 saturated carbocycles. The molecule has 1 amide bonds. The molecule has 3 N–H and O–H groups in total. The Morgan fingerprint density at radius 3 is 2.78 bits per heavy atom. The van der Waals surface area contributed by atoms with Crippen LogP contribution in [0.1, 0.15) is 15.9 Å². The van der Waals surface area contributed by atoms with E-state index in [1.165, 1.54) is 12.4 Å². The Morgan fingerprint density at radius 1 is 1.39 bits per heavy atom. The number of aromatic nitrogens is 2. The van der Waals surface area contributed by atoms with E-state index >= 15 is 0 Å². The van der Waals surface area contributed by atoms with Crippen molar-refractivity contribution in [1.82, 2.24) is 10.2 Å². The molecule has 0 unspecified atom stereocenters. The molecule has 0 spiro atoms. The van der Waals surface area contributed by atoms with Gasteiger partial charge in [0.1, 0.15) is 6.61 Å². The van der Waals surface area contributed by atoms with Crippen molar-refractivity contribution in [3.8, 4) is 11.8 Å². The third-order valence-corrected chi connectivity index (χ3v) is 2.21. The molecule has 0 bridgehead atoms. The second kappa shape index (κ2) is 5.66. The standard InChI is InChI=1S/C13H11N3O2/c17-7-1-2-10-3-5-12(6-4-10)16-13(18)11-8-14-15-9-11/h3-6,8-9,17H,7H2,(H,14,15)(H,16,18). The average molecular weight is 241 g/mol. The van der Waals surface area contributed by atoms with Crippen molar-refractivity contribution in [2.24, 2.45) is 0 Å². The summed E-state index contributed by atoms with van der Waals surface area (Å²) in [7, 11) is 0. The van der Waals surface area contributed by atoms with Gasteiger partial charge in [0.05, 0.1) is 11.8 Å². The lowest BCUT2D eigenvalue weighted by molar-refractivity contribution is 0.102. The van der Waals surface area contributed by atoms with Crippen LogP contribution in [-0.4, -0.2) is 27.8 Å². The fourth-order valence-corrected chi connectivity index (χ4v) is 1.36. The van der Waals surface area contributed by atoms with Crippen LogP contribution < -0.4 is 5.32 Å². The Labute approximate surface area is 104 Å². The van der Waals surface area contributed by atoms with Gasteiger partial charge in [-0.3, -0.25) is 9.89 Å². The molecular weight excluding hydrogens is 230 g/mol. The lowest BCUT2D eigenvalue weighted by Gasteiger charge is -2.02. The highest BCUT2D eigenvalue weighted by atomic mass is 16.2. The van der Waals surface area contributed by atoms with Gasteiger partial charge in [-0.15, -0.1) is 0 Å². The average Bonchev–Trinajstić information content (AvgIpc) is 2.92. The molecule has 90 valence electrons. The topological polar surface area (TPSA) is 78.0 Å². The summed E-state index contributed by atoms with van der Waals surface area (Å²) in [5, 5.41) is 17.6. The van der Waals surface area contributed by atoms with E-state index in [9.17, 15) is 4.79 Å². The maximum absolute atomic E-state index is 11.7. The zero-order valence-corrected chi connectivity index (χ0v) is 9.47. The van der Waals surface area contributed by atoms with E-state index in [0.717, 1.165) is 5.56 Å². The van der Waals surface area contributed by atoms with Crippen molar-refractivity contribution < 1.29 is 9.90 Å². The van der Waals surface area contributed by atoms with Crippen LogP contribution in [0.2, 0.25) is 0 Å². The lowest BCUT2D eigenvalue weighted by Crippen LogP contribution is -2.10. The first kappa shape index (κ1) is 11.9. The molecule has 2 aromatic rings. The number of aliphatic hydroxyl groups excluding tert-OH is 1. The summed E-state index contributed by atoms with van der Waals surface area (Å²) in [4.78, 5) is 11.7. The van der Waals surface area contributed by atoms with Crippen LogP contribution in [0.5, 0.6) is 0 Å². The van der Waals surface area contributed by atoms with E-state index < -0.39 is 0 Å². The number of nitrogens with zero attached hydrogens (tertiary/aromatic N) is 1. The van der Waals surface area contributed by atoms with Crippen molar-refractivity contribution in [3.63, 3.8) is 0 Å². The normalized spacial score (nSPS) is 9.39. The molecule has 18 heavy (non-hydrogen) atoms. The zero-order chi connectivity index (χ0) is 12.8. The number of hydrogen-bond acceptors (Lipinski definition) is 3. The van der Waals surface area contributed by atoms with Crippen LogP contribution in [-0.2, 0) is 0 Å². The predicted molar refractivity (Wildman–Crippen MR) is 66.9 cm³/mol. The maximum atomic E-state index is 11.7. The van der Waals surface area contributed by atoms with Gasteiger partial charge in [0.25, 0.3) is 5.91 Å². The Kier molecular flexibility index (Phi) is 3.74. The minimum Gasteiger partial charge on any atom is -0.384 e. The Hall–Kier alpha value is -2.58. The summed E-state index contributed by atoms with van der Waals surface area (Å²) >= 11 is 0. The summed E-state index contributed by atoms with van der Waals surface area (Å²) in [5.74, 6) is 5.10. The molecule has 1 aromatic carbocycles. The van der Waals surface area contributed by atoms with Gasteiger partial charge < -0.3 is 10.4 Å². The highest BCUT2D eigenvalue weighted by Crippen LogP contribution is 2.10. The zero-order valence-electron chi connectivity index (χ0n) is 9.47. The highest BCUT2D eigenvalue weighted by Gasteiger charge is 2.06. The van der Waals surface area contributed by atoms with E-state index in [2.05, 4.69) is 27.4 Å². The molecule has 5 heteroatoms. The third kappa shape index (κ3) is 2.97. The van der Waals surface area contributed by atoms with Crippen LogP contribution in [0.3, 0.4) is 0 Å². The molecule has 0 atom stereocenters. The number of carbonyl (C=O) groups is 1. The highest BCUT2D eigenvalue weighted by molar-refractivity contribution is 6.03. The van der Waals surface area contributed by atoms with Gasteiger partial charge >= 0.3 is 0 Å². The number of anilines is 1. The third-order valence-electron chi connectivity index (χ3n) is 2.21. The second-order valence-electron chi connectivity index (χ2n) is 3.48. The van der Waals surface area contributed by atoms with Gasteiger partial charge in [0.15, 0.2) is 0 Å². The SMILES string of the molecule is O=C(Nc1ccc(C#CCO)cc1)c1cn[nH]c1. The van der Waals surface area contributed by atoms with Crippen molar-refractivity contribution in [1.29, 1.82) is 0 Å². The number of nitrogens with one attached hydrogen (secondary N) is 2. The van der Waals surface area contributed by atoms with E-state index in [-0.39, 0.29) is 12.5 Å². The first-order chi connectivity index (χ1) is 8.79. The number of amides is 1. The van der Waals surface area contributed by atoms with Crippen LogP contribution >= 0.6 is 0 Å². The number of hydrogen-bond donors (Lipinski definition) is 3. The second-order valence-corrected chi connectivity index (χ2v) is 3.48. The minimum absolute atomic E-state index is 0.168. The van der Waals surface area contributed by atoms with E-state index in [0.29, 0.717) is 11.3 Å². The molecule has 0 radical (unpaired) electrons. The van der Waals surface area contributed by atoms with E-state index in [1.807, 2.05) is 0 Å². The van der Waals surface area contributed by atoms with Crippen LogP contribution in [0.25, 0.3) is 0 Å². The predicted octanol–water partition coefficient (Wildman–Crippen LogP) is 1.01. The smallest absolute Gasteiger partial charge is 0.258 e. The first-order valence-electron chi connectivity index (χ1n) is 5.29. The Balaban J connectivity index is 2.04. The van der Waals surface area contributed by atoms with E-state index in [4.69, 9.17) is 5.11 Å². The van der Waals surface area contributed by atoms with Gasteiger partial charge in [-0.1, -0.05) is 11.8 Å². The summed E-state index contributed by atoms with van der Waals surface area (Å²) in [6, 6.07) is 7.04. The Bertz CT molecular complexity index is 577. The van der Waals surface area contributed by atoms with Crippen molar-refractivity contribution in [3.05, 3.63) is 47.8 Å². The molecule has 0 aliphatic carbocycles. The van der Waals surface area contributed by atoms with Gasteiger partial charge in [-0.25, -0.2) is 0 Å². The molecule has 0 fully saturated rings. The fourth-order valence-electron chi connectivity index (χ4n) is 1.36. The quantitative estimate of drug-likeness (QED) is 0.686. The molecule has 5 nitrogen and oxygen atoms in total.